The van der Waals surface area contributed by atoms with E-state index in [1.165, 1.54) is 37.2 Å². The molecule has 0 saturated carbocycles. The van der Waals surface area contributed by atoms with Crippen molar-refractivity contribution in [1.29, 1.82) is 0 Å². The third-order valence-electron chi connectivity index (χ3n) is 3.06. The number of rotatable bonds is 8. The van der Waals surface area contributed by atoms with Gasteiger partial charge in [0.25, 0.3) is 0 Å². The summed E-state index contributed by atoms with van der Waals surface area (Å²) in [5.74, 6) is 0.652. The molecule has 0 atom stereocenters. The van der Waals surface area contributed by atoms with Gasteiger partial charge in [0.15, 0.2) is 5.82 Å². The van der Waals surface area contributed by atoms with Crippen LogP contribution in [0.4, 0.5) is 10.8 Å². The molecule has 0 unspecified atom stereocenters. The minimum atomic E-state index is 0.323. The highest BCUT2D eigenvalue weighted by Gasteiger charge is 2.19. The van der Waals surface area contributed by atoms with Crippen molar-refractivity contribution in [2.45, 2.75) is 51.3 Å². The fourth-order valence-corrected chi connectivity index (χ4v) is 3.40. The Balaban J connectivity index is 2.47. The fourth-order valence-electron chi connectivity index (χ4n) is 1.87. The van der Waals surface area contributed by atoms with Gasteiger partial charge in [-0.3, -0.25) is 0 Å². The van der Waals surface area contributed by atoms with Crippen molar-refractivity contribution in [2.75, 3.05) is 23.9 Å². The maximum atomic E-state index is 5.83. The molecule has 1 rings (SSSR count). The van der Waals surface area contributed by atoms with Gasteiger partial charge >= 0.3 is 0 Å². The van der Waals surface area contributed by atoms with Gasteiger partial charge in [0.2, 0.25) is 0 Å². The Hall–Kier alpha value is -0.420. The van der Waals surface area contributed by atoms with E-state index in [-0.39, 0.29) is 0 Å². The lowest BCUT2D eigenvalue weighted by Crippen LogP contribution is -2.22. The molecule has 18 heavy (non-hydrogen) atoms. The molecule has 3 N–H and O–H groups in total. The predicted octanol–water partition coefficient (Wildman–Crippen LogP) is 4.47. The Morgan fingerprint density at radius 1 is 1.39 bits per heavy atom. The Morgan fingerprint density at radius 3 is 2.72 bits per heavy atom. The molecule has 1 aromatic rings. The topological polar surface area (TPSA) is 50.9 Å². The molecule has 3 nitrogen and oxygen atoms in total. The van der Waals surface area contributed by atoms with E-state index in [0.29, 0.717) is 11.2 Å². The Bertz CT molecular complexity index is 361. The standard InChI is InChI=1S/C13H25N3S2/c1-5-6-7-8-13(2,3)9-15-12-10(17-4)11(14)16-18-12/h15H,5-9H2,1-4H3,(H2,14,16). The van der Waals surface area contributed by atoms with Gasteiger partial charge in [0.05, 0.1) is 4.90 Å². The van der Waals surface area contributed by atoms with Crippen LogP contribution < -0.4 is 11.1 Å². The molecular weight excluding hydrogens is 262 g/mol. The van der Waals surface area contributed by atoms with Crippen LogP contribution in [-0.2, 0) is 0 Å². The van der Waals surface area contributed by atoms with E-state index >= 15 is 0 Å². The summed E-state index contributed by atoms with van der Waals surface area (Å²) in [5, 5.41) is 4.62. The van der Waals surface area contributed by atoms with Crippen LogP contribution in [0.3, 0.4) is 0 Å². The largest absolute Gasteiger partial charge is 0.382 e. The Kier molecular flexibility index (Phi) is 6.29. The van der Waals surface area contributed by atoms with E-state index in [4.69, 9.17) is 5.73 Å². The van der Waals surface area contributed by atoms with E-state index in [2.05, 4.69) is 30.5 Å². The van der Waals surface area contributed by atoms with Gasteiger partial charge in [-0.1, -0.05) is 40.0 Å². The van der Waals surface area contributed by atoms with Crippen LogP contribution in [0.5, 0.6) is 0 Å². The number of hydrogen-bond donors (Lipinski definition) is 2. The monoisotopic (exact) mass is 287 g/mol. The molecule has 0 saturated heterocycles. The van der Waals surface area contributed by atoms with Crippen molar-refractivity contribution >= 4 is 34.1 Å². The summed E-state index contributed by atoms with van der Waals surface area (Å²) < 4.78 is 4.20. The summed E-state index contributed by atoms with van der Waals surface area (Å²) in [4.78, 5) is 1.09. The van der Waals surface area contributed by atoms with Crippen LogP contribution in [0, 0.1) is 5.41 Å². The second kappa shape index (κ2) is 7.24. The van der Waals surface area contributed by atoms with Gasteiger partial charge in [-0.05, 0) is 29.6 Å². The lowest BCUT2D eigenvalue weighted by atomic mass is 9.87. The summed E-state index contributed by atoms with van der Waals surface area (Å²) in [6.07, 6.45) is 7.22. The summed E-state index contributed by atoms with van der Waals surface area (Å²) in [5.41, 5.74) is 6.15. The van der Waals surface area contributed by atoms with Gasteiger partial charge in [-0.15, -0.1) is 11.8 Å². The summed E-state index contributed by atoms with van der Waals surface area (Å²) in [6.45, 7) is 7.86. The molecule has 0 radical (unpaired) electrons. The van der Waals surface area contributed by atoms with E-state index < -0.39 is 0 Å². The van der Waals surface area contributed by atoms with E-state index in [0.717, 1.165) is 16.4 Å². The number of nitrogens with two attached hydrogens (primary N) is 1. The lowest BCUT2D eigenvalue weighted by Gasteiger charge is -2.25. The molecule has 104 valence electrons. The number of nitrogens with one attached hydrogen (secondary N) is 1. The van der Waals surface area contributed by atoms with Crippen molar-refractivity contribution in [3.05, 3.63) is 0 Å². The molecule has 0 aliphatic carbocycles. The van der Waals surface area contributed by atoms with Gasteiger partial charge in [0, 0.05) is 6.54 Å². The van der Waals surface area contributed by atoms with Crippen molar-refractivity contribution in [1.82, 2.24) is 4.37 Å². The average Bonchev–Trinajstić information content (AvgIpc) is 2.67. The number of nitrogens with zero attached hydrogens (tertiary/aromatic N) is 1. The van der Waals surface area contributed by atoms with Crippen molar-refractivity contribution in [2.24, 2.45) is 5.41 Å². The van der Waals surface area contributed by atoms with Crippen LogP contribution in [0.15, 0.2) is 4.90 Å². The number of hydrogen-bond acceptors (Lipinski definition) is 5. The first-order valence-electron chi connectivity index (χ1n) is 6.53. The number of nitrogen functional groups attached to an aromatic ring is 1. The second-order valence-corrected chi connectivity index (χ2v) is 6.99. The zero-order chi connectivity index (χ0) is 13.6. The quantitative estimate of drug-likeness (QED) is 0.547. The SMILES string of the molecule is CCCCCC(C)(C)CNc1snc(N)c1SC. The Labute approximate surface area is 119 Å². The zero-order valence-corrected chi connectivity index (χ0v) is 13.5. The fraction of sp³-hybridized carbons (Fsp3) is 0.769. The second-order valence-electron chi connectivity index (χ2n) is 5.41. The smallest absolute Gasteiger partial charge is 0.153 e. The zero-order valence-electron chi connectivity index (χ0n) is 11.9. The van der Waals surface area contributed by atoms with Gasteiger partial charge in [-0.25, -0.2) is 0 Å². The van der Waals surface area contributed by atoms with Crippen molar-refractivity contribution in [3.63, 3.8) is 0 Å². The highest BCUT2D eigenvalue weighted by molar-refractivity contribution is 7.99. The van der Waals surface area contributed by atoms with Crippen LogP contribution >= 0.6 is 23.3 Å². The van der Waals surface area contributed by atoms with E-state index in [1.54, 1.807) is 11.8 Å². The van der Waals surface area contributed by atoms with Gasteiger partial charge in [0.1, 0.15) is 5.00 Å². The maximum Gasteiger partial charge on any atom is 0.153 e. The number of anilines is 2. The molecule has 0 aliphatic heterocycles. The average molecular weight is 287 g/mol. The van der Waals surface area contributed by atoms with Gasteiger partial charge < -0.3 is 11.1 Å². The van der Waals surface area contributed by atoms with Crippen LogP contribution in [0.25, 0.3) is 0 Å². The molecule has 0 bridgehead atoms. The van der Waals surface area contributed by atoms with Crippen molar-refractivity contribution in [3.8, 4) is 0 Å². The van der Waals surface area contributed by atoms with Crippen LogP contribution in [-0.4, -0.2) is 17.2 Å². The summed E-state index contributed by atoms with van der Waals surface area (Å²) in [6, 6.07) is 0. The molecule has 0 amide bonds. The van der Waals surface area contributed by atoms with Gasteiger partial charge in [-0.2, -0.15) is 4.37 Å². The third kappa shape index (κ3) is 4.69. The highest BCUT2D eigenvalue weighted by Crippen LogP contribution is 2.35. The molecular formula is C13H25N3S2. The van der Waals surface area contributed by atoms with E-state index in [9.17, 15) is 0 Å². The molecule has 1 heterocycles. The molecule has 5 heteroatoms. The lowest BCUT2D eigenvalue weighted by molar-refractivity contribution is 0.342. The number of thioether (sulfide) groups is 1. The first-order valence-corrected chi connectivity index (χ1v) is 8.53. The minimum Gasteiger partial charge on any atom is -0.382 e. The molecule has 0 spiro atoms. The van der Waals surface area contributed by atoms with Crippen LogP contribution in [0.1, 0.15) is 46.5 Å². The summed E-state index contributed by atoms with van der Waals surface area (Å²) >= 11 is 3.12. The number of unbranched alkanes of at least 4 members (excludes halogenated alkanes) is 2. The molecule has 0 aromatic carbocycles. The first-order chi connectivity index (χ1) is 8.50. The molecule has 1 aromatic heterocycles. The number of aromatic nitrogens is 1. The predicted molar refractivity (Wildman–Crippen MR) is 84.7 cm³/mol. The van der Waals surface area contributed by atoms with Crippen LogP contribution in [0.2, 0.25) is 0 Å². The Morgan fingerprint density at radius 2 is 2.11 bits per heavy atom. The normalized spacial score (nSPS) is 11.8. The molecule has 0 aliphatic rings. The summed E-state index contributed by atoms with van der Waals surface area (Å²) in [7, 11) is 0. The third-order valence-corrected chi connectivity index (χ3v) is 4.83. The maximum absolute atomic E-state index is 5.83. The van der Waals surface area contributed by atoms with Crippen molar-refractivity contribution < 1.29 is 0 Å². The highest BCUT2D eigenvalue weighted by atomic mass is 32.2. The minimum absolute atomic E-state index is 0.323. The molecule has 0 fully saturated rings. The first kappa shape index (κ1) is 15.6. The van der Waals surface area contributed by atoms with E-state index in [1.807, 2.05) is 6.26 Å².